The van der Waals surface area contributed by atoms with Crippen LogP contribution in [0, 0.1) is 29.9 Å². The third kappa shape index (κ3) is 3.02. The average Bonchev–Trinajstić information content (AvgIpc) is 2.93. The highest BCUT2D eigenvalue weighted by Gasteiger charge is 2.16. The Morgan fingerprint density at radius 3 is 2.69 bits per heavy atom. The maximum atomic E-state index is 13.5. The number of hydrogen-bond donors (Lipinski definition) is 0. The number of benzene rings is 1. The molecule has 0 saturated carbocycles. The molecule has 0 radical (unpaired) electrons. The van der Waals surface area contributed by atoms with Crippen molar-refractivity contribution in [2.45, 2.75) is 20.3 Å². The Labute approximate surface area is 151 Å². The zero-order valence-electron chi connectivity index (χ0n) is 14.3. The Bertz CT molecular complexity index is 1150. The second-order valence-corrected chi connectivity index (χ2v) is 6.91. The van der Waals surface area contributed by atoms with Gasteiger partial charge in [-0.15, -0.1) is 11.3 Å². The van der Waals surface area contributed by atoms with Crippen molar-refractivity contribution in [1.29, 1.82) is 5.26 Å². The van der Waals surface area contributed by atoms with Gasteiger partial charge in [-0.05, 0) is 31.5 Å². The summed E-state index contributed by atoms with van der Waals surface area (Å²) in [5.74, 6) is -2.12. The lowest BCUT2D eigenvalue weighted by Gasteiger charge is -2.06. The molecule has 0 aliphatic heterocycles. The molecule has 3 rings (SSSR count). The molecule has 0 saturated heterocycles. The number of halogens is 2. The molecular formula is C18H14F2N4OS. The number of nitriles is 1. The molecule has 1 aromatic carbocycles. The number of aryl methyl sites for hydroxylation is 1. The lowest BCUT2D eigenvalue weighted by atomic mass is 10.0. The first-order valence-corrected chi connectivity index (χ1v) is 8.51. The number of aromatic nitrogens is 2. The fourth-order valence-electron chi connectivity index (χ4n) is 2.77. The number of fused-ring (bicyclic) bond motifs is 1. The van der Waals surface area contributed by atoms with Gasteiger partial charge >= 0.3 is 0 Å². The molecule has 132 valence electrons. The molecule has 0 aliphatic carbocycles. The summed E-state index contributed by atoms with van der Waals surface area (Å²) in [6.07, 6.45) is 0.0545. The van der Waals surface area contributed by atoms with Gasteiger partial charge in [0.1, 0.15) is 0 Å². The lowest BCUT2D eigenvalue weighted by molar-refractivity contribution is 0.507. The highest BCUT2D eigenvalue weighted by atomic mass is 32.1. The predicted molar refractivity (Wildman–Crippen MR) is 96.1 cm³/mol. The monoisotopic (exact) mass is 372 g/mol. The minimum absolute atomic E-state index is 0.0166. The van der Waals surface area contributed by atoms with Gasteiger partial charge in [0.2, 0.25) is 0 Å². The molecule has 2 heterocycles. The minimum atomic E-state index is -1.08. The molecular weight excluding hydrogens is 358 g/mol. The molecule has 0 fully saturated rings. The van der Waals surface area contributed by atoms with Crippen molar-refractivity contribution < 1.29 is 8.78 Å². The molecule has 0 aliphatic rings. The third-order valence-corrected chi connectivity index (χ3v) is 5.01. The van der Waals surface area contributed by atoms with Crippen LogP contribution in [-0.2, 0) is 6.42 Å². The van der Waals surface area contributed by atoms with Crippen LogP contribution >= 0.6 is 11.3 Å². The van der Waals surface area contributed by atoms with Crippen LogP contribution in [0.4, 0.5) is 8.78 Å². The van der Waals surface area contributed by atoms with Crippen molar-refractivity contribution in [2.75, 3.05) is 7.05 Å². The van der Waals surface area contributed by atoms with E-state index in [-0.39, 0.29) is 23.1 Å². The quantitative estimate of drug-likeness (QED) is 0.663. The molecule has 5 nitrogen and oxygen atoms in total. The van der Waals surface area contributed by atoms with Gasteiger partial charge in [0.15, 0.2) is 16.6 Å². The second kappa shape index (κ2) is 6.77. The zero-order chi connectivity index (χ0) is 19.0. The van der Waals surface area contributed by atoms with Crippen molar-refractivity contribution in [2.24, 2.45) is 4.99 Å². The summed E-state index contributed by atoms with van der Waals surface area (Å²) in [6.45, 7) is 3.70. The molecule has 8 heteroatoms. The number of rotatable bonds is 3. The van der Waals surface area contributed by atoms with Gasteiger partial charge in [0, 0.05) is 24.4 Å². The first kappa shape index (κ1) is 17.9. The van der Waals surface area contributed by atoms with E-state index in [9.17, 15) is 13.6 Å². The number of thiazole rings is 1. The maximum Gasteiger partial charge on any atom is 0.259 e. The van der Waals surface area contributed by atoms with E-state index in [1.165, 1.54) is 21.8 Å². The topological polar surface area (TPSA) is 70.5 Å². The van der Waals surface area contributed by atoms with Gasteiger partial charge in [-0.25, -0.2) is 18.2 Å². The van der Waals surface area contributed by atoms with E-state index in [2.05, 4.69) is 9.98 Å². The summed E-state index contributed by atoms with van der Waals surface area (Å²) < 4.78 is 28.3. The van der Waals surface area contributed by atoms with E-state index in [1.54, 1.807) is 7.05 Å². The Hall–Kier alpha value is -2.92. The van der Waals surface area contributed by atoms with E-state index < -0.39 is 11.6 Å². The molecule has 0 amide bonds. The smallest absolute Gasteiger partial charge is 0.259 e. The number of aliphatic imine (C=N–C) groups is 1. The number of nitrogens with zero attached hydrogens (tertiary/aromatic N) is 4. The predicted octanol–water partition coefficient (Wildman–Crippen LogP) is 3.24. The third-order valence-electron chi connectivity index (χ3n) is 4.06. The van der Waals surface area contributed by atoms with E-state index in [4.69, 9.17) is 5.26 Å². The van der Waals surface area contributed by atoms with Crippen molar-refractivity contribution in [3.63, 3.8) is 0 Å². The molecule has 0 unspecified atom stereocenters. The largest absolute Gasteiger partial charge is 0.291 e. The lowest BCUT2D eigenvalue weighted by Crippen LogP contribution is -2.19. The first-order chi connectivity index (χ1) is 12.3. The van der Waals surface area contributed by atoms with Crippen molar-refractivity contribution in [1.82, 2.24) is 9.38 Å². The Balaban J connectivity index is 2.14. The molecule has 0 N–H and O–H groups in total. The molecule has 26 heavy (non-hydrogen) atoms. The summed E-state index contributed by atoms with van der Waals surface area (Å²) >= 11 is 1.35. The van der Waals surface area contributed by atoms with Gasteiger partial charge < -0.3 is 0 Å². The van der Waals surface area contributed by atoms with Crippen LogP contribution in [0.3, 0.4) is 0 Å². The molecule has 2 aromatic heterocycles. The Kier molecular flexibility index (Phi) is 4.66. The standard InChI is InChI=1S/C18H14F2N4OS/c1-9(22-3)17-10(2)26-18-23-13(7-16(25)24(17)18)4-11-5-14(19)15(20)6-12(11)8-21/h5-7H,4H2,1-3H3. The summed E-state index contributed by atoms with van der Waals surface area (Å²) in [6, 6.07) is 5.00. The van der Waals surface area contributed by atoms with Gasteiger partial charge in [0.25, 0.3) is 5.56 Å². The normalized spacial score (nSPS) is 11.8. The SMILES string of the molecule is CN=C(C)c1c(C)sc2nc(Cc3cc(F)c(F)cc3C#N)cc(=O)n12. The fraction of sp³-hybridized carbons (Fsp3) is 0.222. The number of hydrogen-bond acceptors (Lipinski definition) is 5. The minimum Gasteiger partial charge on any atom is -0.291 e. The summed E-state index contributed by atoms with van der Waals surface area (Å²) in [7, 11) is 1.65. The van der Waals surface area contributed by atoms with Crippen LogP contribution in [0.2, 0.25) is 0 Å². The van der Waals surface area contributed by atoms with Gasteiger partial charge in [-0.3, -0.25) is 9.79 Å². The van der Waals surface area contributed by atoms with E-state index in [0.717, 1.165) is 22.7 Å². The van der Waals surface area contributed by atoms with Crippen LogP contribution in [0.15, 0.2) is 28.0 Å². The summed E-state index contributed by atoms with van der Waals surface area (Å²) in [5.41, 5.74) is 1.83. The van der Waals surface area contributed by atoms with Crippen molar-refractivity contribution in [3.05, 3.63) is 67.6 Å². The Morgan fingerprint density at radius 1 is 1.35 bits per heavy atom. The van der Waals surface area contributed by atoms with Crippen molar-refractivity contribution in [3.8, 4) is 6.07 Å². The Morgan fingerprint density at radius 2 is 2.04 bits per heavy atom. The molecule has 0 atom stereocenters. The van der Waals surface area contributed by atoms with Gasteiger partial charge in [-0.2, -0.15) is 5.26 Å². The summed E-state index contributed by atoms with van der Waals surface area (Å²) in [4.78, 5) is 22.6. The molecule has 3 aromatic rings. The average molecular weight is 372 g/mol. The van der Waals surface area contributed by atoms with E-state index >= 15 is 0 Å². The van der Waals surface area contributed by atoms with Crippen LogP contribution < -0.4 is 5.56 Å². The molecule has 0 spiro atoms. The van der Waals surface area contributed by atoms with Gasteiger partial charge in [-0.1, -0.05) is 0 Å². The highest BCUT2D eigenvalue weighted by molar-refractivity contribution is 7.17. The van der Waals surface area contributed by atoms with Crippen molar-refractivity contribution >= 4 is 22.0 Å². The van der Waals surface area contributed by atoms with E-state index in [0.29, 0.717) is 16.3 Å². The zero-order valence-corrected chi connectivity index (χ0v) is 15.1. The fourth-order valence-corrected chi connectivity index (χ4v) is 3.81. The maximum absolute atomic E-state index is 13.5. The van der Waals surface area contributed by atoms with Gasteiger partial charge in [0.05, 0.1) is 28.7 Å². The van der Waals surface area contributed by atoms with Crippen LogP contribution in [0.25, 0.3) is 4.96 Å². The van der Waals surface area contributed by atoms with Crippen LogP contribution in [0.5, 0.6) is 0 Å². The second-order valence-electron chi connectivity index (χ2n) is 5.73. The summed E-state index contributed by atoms with van der Waals surface area (Å²) in [5, 5.41) is 9.13. The molecule has 0 bridgehead atoms. The van der Waals surface area contributed by atoms with E-state index in [1.807, 2.05) is 19.9 Å². The van der Waals surface area contributed by atoms with Crippen LogP contribution in [-0.4, -0.2) is 22.1 Å². The van der Waals surface area contributed by atoms with Crippen LogP contribution in [0.1, 0.15) is 34.3 Å². The highest BCUT2D eigenvalue weighted by Crippen LogP contribution is 2.22. The first-order valence-electron chi connectivity index (χ1n) is 7.69.